The van der Waals surface area contributed by atoms with Crippen LogP contribution < -0.4 is 20.9 Å². The molecule has 3 N–H and O–H groups in total. The van der Waals surface area contributed by atoms with Crippen molar-refractivity contribution in [2.75, 3.05) is 20.9 Å². The summed E-state index contributed by atoms with van der Waals surface area (Å²) in [5, 5.41) is 8.08. The fourth-order valence-corrected chi connectivity index (χ4v) is 3.09. The second-order valence-corrected chi connectivity index (χ2v) is 6.42. The summed E-state index contributed by atoms with van der Waals surface area (Å²) in [5.74, 6) is -1.33. The average molecular weight is 380 g/mol. The quantitative estimate of drug-likeness (QED) is 0.757. The van der Waals surface area contributed by atoms with E-state index in [1.165, 1.54) is 18.7 Å². The van der Waals surface area contributed by atoms with Crippen molar-refractivity contribution in [3.63, 3.8) is 0 Å². The van der Waals surface area contributed by atoms with E-state index >= 15 is 0 Å². The number of amides is 4. The number of carbonyl (C=O) groups is 4. The smallest absolute Gasteiger partial charge is 0.248 e. The number of nitrogens with zero attached hydrogens (tertiary/aromatic N) is 1. The van der Waals surface area contributed by atoms with Crippen molar-refractivity contribution in [2.45, 2.75) is 26.3 Å². The third kappa shape index (κ3) is 4.17. The summed E-state index contributed by atoms with van der Waals surface area (Å²) in [7, 11) is 0. The number of anilines is 4. The maximum Gasteiger partial charge on any atom is 0.248 e. The molecule has 8 heteroatoms. The Morgan fingerprint density at radius 1 is 0.964 bits per heavy atom. The highest BCUT2D eigenvalue weighted by atomic mass is 16.2. The molecule has 144 valence electrons. The normalized spacial score (nSPS) is 15.3. The van der Waals surface area contributed by atoms with Crippen LogP contribution >= 0.6 is 0 Å². The predicted molar refractivity (Wildman–Crippen MR) is 106 cm³/mol. The molecule has 0 saturated carbocycles. The molecule has 3 rings (SSSR count). The molecule has 0 unspecified atom stereocenters. The Labute approximate surface area is 161 Å². The number of para-hydroxylation sites is 2. The Hall–Kier alpha value is -3.68. The maximum atomic E-state index is 12.5. The average Bonchev–Trinajstić information content (AvgIpc) is 2.63. The van der Waals surface area contributed by atoms with Crippen molar-refractivity contribution >= 4 is 46.4 Å². The van der Waals surface area contributed by atoms with Crippen molar-refractivity contribution in [2.24, 2.45) is 0 Å². The zero-order chi connectivity index (χ0) is 20.3. The van der Waals surface area contributed by atoms with Gasteiger partial charge in [0.1, 0.15) is 6.04 Å². The maximum absolute atomic E-state index is 12.5. The van der Waals surface area contributed by atoms with Gasteiger partial charge in [-0.3, -0.25) is 24.1 Å². The van der Waals surface area contributed by atoms with E-state index < -0.39 is 17.9 Å². The van der Waals surface area contributed by atoms with Gasteiger partial charge < -0.3 is 16.0 Å². The van der Waals surface area contributed by atoms with E-state index in [4.69, 9.17) is 0 Å². The second-order valence-electron chi connectivity index (χ2n) is 6.42. The molecular formula is C20H20N4O4. The number of fused-ring (bicyclic) bond motifs is 1. The number of hydrogen-bond acceptors (Lipinski definition) is 4. The lowest BCUT2D eigenvalue weighted by molar-refractivity contribution is -0.125. The molecule has 0 bridgehead atoms. The first-order valence-corrected chi connectivity index (χ1v) is 8.72. The van der Waals surface area contributed by atoms with E-state index in [0.717, 1.165) is 0 Å². The van der Waals surface area contributed by atoms with Crippen LogP contribution in [0.3, 0.4) is 0 Å². The van der Waals surface area contributed by atoms with Crippen LogP contribution in [0.5, 0.6) is 0 Å². The van der Waals surface area contributed by atoms with Gasteiger partial charge in [-0.05, 0) is 36.4 Å². The number of benzene rings is 2. The largest absolute Gasteiger partial charge is 0.326 e. The Morgan fingerprint density at radius 3 is 2.18 bits per heavy atom. The fourth-order valence-electron chi connectivity index (χ4n) is 3.09. The van der Waals surface area contributed by atoms with Gasteiger partial charge in [0.2, 0.25) is 23.6 Å². The first-order chi connectivity index (χ1) is 13.3. The van der Waals surface area contributed by atoms with E-state index in [9.17, 15) is 19.2 Å². The fraction of sp³-hybridized carbons (Fsp3) is 0.200. The summed E-state index contributed by atoms with van der Waals surface area (Å²) >= 11 is 0. The summed E-state index contributed by atoms with van der Waals surface area (Å²) in [5.41, 5.74) is 2.22. The first-order valence-electron chi connectivity index (χ1n) is 8.72. The minimum Gasteiger partial charge on any atom is -0.326 e. The van der Waals surface area contributed by atoms with Crippen LogP contribution in [-0.2, 0) is 19.2 Å². The molecule has 1 heterocycles. The molecule has 0 radical (unpaired) electrons. The molecule has 1 aliphatic rings. The van der Waals surface area contributed by atoms with Gasteiger partial charge in [-0.15, -0.1) is 0 Å². The van der Waals surface area contributed by atoms with Crippen molar-refractivity contribution in [1.29, 1.82) is 0 Å². The van der Waals surface area contributed by atoms with Crippen LogP contribution in [0.1, 0.15) is 20.3 Å². The molecule has 1 atom stereocenters. The van der Waals surface area contributed by atoms with E-state index in [2.05, 4.69) is 16.0 Å². The molecule has 2 aromatic carbocycles. The minimum absolute atomic E-state index is 0.187. The lowest BCUT2D eigenvalue weighted by atomic mass is 10.0. The molecular weight excluding hydrogens is 360 g/mol. The van der Waals surface area contributed by atoms with Crippen molar-refractivity contribution in [3.8, 4) is 0 Å². The van der Waals surface area contributed by atoms with E-state index in [1.807, 2.05) is 0 Å². The Morgan fingerprint density at radius 2 is 1.57 bits per heavy atom. The highest BCUT2D eigenvalue weighted by Gasteiger charge is 2.36. The number of nitrogens with one attached hydrogen (secondary N) is 3. The monoisotopic (exact) mass is 380 g/mol. The summed E-state index contributed by atoms with van der Waals surface area (Å²) in [4.78, 5) is 49.5. The second kappa shape index (κ2) is 7.91. The van der Waals surface area contributed by atoms with Crippen LogP contribution in [-0.4, -0.2) is 29.7 Å². The SMILES string of the molecule is CC(=O)Nc1ccc(NC(=O)C[C@@H]2C(=O)Nc3ccccc3N2C(C)=O)cc1. The minimum atomic E-state index is -0.939. The molecule has 0 spiro atoms. The van der Waals surface area contributed by atoms with Gasteiger partial charge in [0.25, 0.3) is 0 Å². The number of hydrogen-bond donors (Lipinski definition) is 3. The van der Waals surface area contributed by atoms with E-state index in [1.54, 1.807) is 48.5 Å². The molecule has 28 heavy (non-hydrogen) atoms. The highest BCUT2D eigenvalue weighted by Crippen LogP contribution is 2.33. The van der Waals surface area contributed by atoms with Crippen LogP contribution in [0.25, 0.3) is 0 Å². The highest BCUT2D eigenvalue weighted by molar-refractivity contribution is 6.13. The van der Waals surface area contributed by atoms with Crippen LogP contribution in [0.2, 0.25) is 0 Å². The molecule has 0 fully saturated rings. The predicted octanol–water partition coefficient (Wildman–Crippen LogP) is 2.35. The van der Waals surface area contributed by atoms with Gasteiger partial charge in [0.15, 0.2) is 0 Å². The van der Waals surface area contributed by atoms with Gasteiger partial charge in [-0.1, -0.05) is 12.1 Å². The van der Waals surface area contributed by atoms with Crippen LogP contribution in [0, 0.1) is 0 Å². The third-order valence-electron chi connectivity index (χ3n) is 4.24. The zero-order valence-corrected chi connectivity index (χ0v) is 15.5. The lowest BCUT2D eigenvalue weighted by Crippen LogP contribution is -2.51. The molecule has 8 nitrogen and oxygen atoms in total. The number of rotatable bonds is 4. The van der Waals surface area contributed by atoms with Gasteiger partial charge >= 0.3 is 0 Å². The first kappa shape index (κ1) is 19.1. The summed E-state index contributed by atoms with van der Waals surface area (Å²) in [6.07, 6.45) is -0.187. The summed E-state index contributed by atoms with van der Waals surface area (Å²) < 4.78 is 0. The summed E-state index contributed by atoms with van der Waals surface area (Å²) in [6, 6.07) is 12.6. The molecule has 0 saturated heterocycles. The van der Waals surface area contributed by atoms with Crippen molar-refractivity contribution in [3.05, 3.63) is 48.5 Å². The molecule has 0 aliphatic carbocycles. The van der Waals surface area contributed by atoms with Crippen LogP contribution in [0.4, 0.5) is 22.7 Å². The zero-order valence-electron chi connectivity index (χ0n) is 15.5. The molecule has 0 aromatic heterocycles. The Kier molecular flexibility index (Phi) is 5.39. The van der Waals surface area contributed by atoms with Crippen LogP contribution in [0.15, 0.2) is 48.5 Å². The molecule has 4 amide bonds. The topological polar surface area (TPSA) is 108 Å². The standard InChI is InChI=1S/C20H20N4O4/c1-12(25)21-14-7-9-15(10-8-14)22-19(27)11-18-20(28)23-16-5-3-4-6-17(16)24(18)13(2)26/h3-10,18H,11H2,1-2H3,(H,21,25)(H,22,27)(H,23,28)/t18-/m1/s1. The van der Waals surface area contributed by atoms with Gasteiger partial charge in [0, 0.05) is 25.2 Å². The van der Waals surface area contributed by atoms with Crippen molar-refractivity contribution < 1.29 is 19.2 Å². The van der Waals surface area contributed by atoms with Gasteiger partial charge in [-0.2, -0.15) is 0 Å². The van der Waals surface area contributed by atoms with Crippen molar-refractivity contribution in [1.82, 2.24) is 0 Å². The van der Waals surface area contributed by atoms with Gasteiger partial charge in [-0.25, -0.2) is 0 Å². The van der Waals surface area contributed by atoms with Gasteiger partial charge in [0.05, 0.1) is 17.8 Å². The number of carbonyl (C=O) groups excluding carboxylic acids is 4. The Bertz CT molecular complexity index is 939. The third-order valence-corrected chi connectivity index (χ3v) is 4.24. The van der Waals surface area contributed by atoms with E-state index in [-0.39, 0.29) is 18.2 Å². The van der Waals surface area contributed by atoms with E-state index in [0.29, 0.717) is 22.7 Å². The summed E-state index contributed by atoms with van der Waals surface area (Å²) in [6.45, 7) is 2.77. The molecule has 2 aromatic rings. The molecule has 1 aliphatic heterocycles. The lowest BCUT2D eigenvalue weighted by Gasteiger charge is -2.35. The Balaban J connectivity index is 1.73.